The maximum Gasteiger partial charge on any atom is 0.276 e. The molecule has 0 spiro atoms. The first kappa shape index (κ1) is 19.7. The van der Waals surface area contributed by atoms with Crippen LogP contribution < -0.4 is 29.0 Å². The van der Waals surface area contributed by atoms with E-state index in [1.165, 1.54) is 15.7 Å². The Labute approximate surface area is 175 Å². The fourth-order valence-corrected chi connectivity index (χ4v) is 4.03. The summed E-state index contributed by atoms with van der Waals surface area (Å²) in [6.07, 6.45) is 1.79. The topological polar surface area (TPSA) is 84.2 Å². The maximum absolute atomic E-state index is 13.1. The molecule has 9 heteroatoms. The number of ether oxygens (including phenoxy) is 4. The van der Waals surface area contributed by atoms with Gasteiger partial charge in [-0.05, 0) is 42.0 Å². The molecule has 0 saturated heterocycles. The molecule has 0 aliphatic rings. The summed E-state index contributed by atoms with van der Waals surface area (Å²) in [6.45, 7) is 0. The molecular formula is C21H19N3O5S. The summed E-state index contributed by atoms with van der Waals surface area (Å²) in [6, 6.07) is 10.8. The van der Waals surface area contributed by atoms with Gasteiger partial charge in [-0.15, -0.1) is 10.2 Å². The van der Waals surface area contributed by atoms with Crippen LogP contribution in [0.3, 0.4) is 0 Å². The van der Waals surface area contributed by atoms with Gasteiger partial charge < -0.3 is 18.9 Å². The second kappa shape index (κ2) is 8.03. The van der Waals surface area contributed by atoms with Crippen LogP contribution in [0.25, 0.3) is 22.4 Å². The lowest BCUT2D eigenvalue weighted by molar-refractivity contribution is 0.355. The van der Waals surface area contributed by atoms with Crippen molar-refractivity contribution < 1.29 is 18.9 Å². The highest BCUT2D eigenvalue weighted by Crippen LogP contribution is 2.31. The van der Waals surface area contributed by atoms with E-state index in [0.717, 1.165) is 5.56 Å². The van der Waals surface area contributed by atoms with Crippen molar-refractivity contribution in [1.82, 2.24) is 14.6 Å². The number of aromatic nitrogens is 3. The van der Waals surface area contributed by atoms with Crippen molar-refractivity contribution in [1.29, 1.82) is 0 Å². The summed E-state index contributed by atoms with van der Waals surface area (Å²) < 4.78 is 23.3. The van der Waals surface area contributed by atoms with E-state index in [1.807, 2.05) is 18.2 Å². The van der Waals surface area contributed by atoms with E-state index < -0.39 is 0 Å². The second-order valence-corrected chi connectivity index (χ2v) is 7.25. The lowest BCUT2D eigenvalue weighted by atomic mass is 10.2. The quantitative estimate of drug-likeness (QED) is 0.469. The molecule has 154 valence electrons. The first-order chi connectivity index (χ1) is 14.6. The molecule has 0 bridgehead atoms. The van der Waals surface area contributed by atoms with Crippen molar-refractivity contribution >= 4 is 22.4 Å². The van der Waals surface area contributed by atoms with Gasteiger partial charge in [0.25, 0.3) is 5.56 Å². The zero-order valence-electron chi connectivity index (χ0n) is 16.8. The molecule has 4 aromatic rings. The van der Waals surface area contributed by atoms with E-state index in [4.69, 9.17) is 18.9 Å². The molecule has 0 atom stereocenters. The summed E-state index contributed by atoms with van der Waals surface area (Å²) in [4.78, 5) is 13.6. The number of thiazole rings is 1. The van der Waals surface area contributed by atoms with E-state index >= 15 is 0 Å². The van der Waals surface area contributed by atoms with Gasteiger partial charge in [0.15, 0.2) is 28.8 Å². The molecule has 4 rings (SSSR count). The van der Waals surface area contributed by atoms with E-state index in [9.17, 15) is 4.79 Å². The Balaban J connectivity index is 1.83. The lowest BCUT2D eigenvalue weighted by Gasteiger charge is -2.08. The molecule has 2 heterocycles. The van der Waals surface area contributed by atoms with Crippen LogP contribution in [-0.2, 0) is 0 Å². The van der Waals surface area contributed by atoms with Gasteiger partial charge in [0.2, 0.25) is 4.96 Å². The van der Waals surface area contributed by atoms with Crippen molar-refractivity contribution in [2.45, 2.75) is 0 Å². The molecule has 8 nitrogen and oxygen atoms in total. The molecule has 0 aliphatic carbocycles. The summed E-state index contributed by atoms with van der Waals surface area (Å²) in [5, 5.41) is 8.36. The molecule has 2 aromatic heterocycles. The fraction of sp³-hybridized carbons (Fsp3) is 0.190. The minimum absolute atomic E-state index is 0.195. The normalized spacial score (nSPS) is 11.7. The van der Waals surface area contributed by atoms with Gasteiger partial charge in [-0.3, -0.25) is 4.79 Å². The van der Waals surface area contributed by atoms with Crippen LogP contribution >= 0.6 is 11.3 Å². The first-order valence-electron chi connectivity index (χ1n) is 8.93. The van der Waals surface area contributed by atoms with Crippen LogP contribution in [0, 0.1) is 0 Å². The number of fused-ring (bicyclic) bond motifs is 1. The fourth-order valence-electron chi connectivity index (χ4n) is 3.12. The van der Waals surface area contributed by atoms with Gasteiger partial charge in [0.05, 0.1) is 33.0 Å². The van der Waals surface area contributed by atoms with Crippen LogP contribution in [0.2, 0.25) is 0 Å². The third-order valence-electron chi connectivity index (χ3n) is 4.60. The summed E-state index contributed by atoms with van der Waals surface area (Å²) >= 11 is 1.27. The second-order valence-electron chi connectivity index (χ2n) is 6.24. The highest BCUT2D eigenvalue weighted by Gasteiger charge is 2.16. The number of hydrogen-bond acceptors (Lipinski definition) is 8. The van der Waals surface area contributed by atoms with Crippen molar-refractivity contribution in [2.75, 3.05) is 28.4 Å². The minimum atomic E-state index is -0.195. The third kappa shape index (κ3) is 3.33. The van der Waals surface area contributed by atoms with Gasteiger partial charge in [-0.2, -0.15) is 0 Å². The highest BCUT2D eigenvalue weighted by molar-refractivity contribution is 7.15. The molecule has 30 heavy (non-hydrogen) atoms. The zero-order chi connectivity index (χ0) is 21.3. The predicted molar refractivity (Wildman–Crippen MR) is 114 cm³/mol. The van der Waals surface area contributed by atoms with E-state index in [-0.39, 0.29) is 5.56 Å². The summed E-state index contributed by atoms with van der Waals surface area (Å²) in [5.74, 6) is 2.80. The van der Waals surface area contributed by atoms with E-state index in [0.29, 0.717) is 43.9 Å². The molecule has 0 amide bonds. The third-order valence-corrected chi connectivity index (χ3v) is 5.55. The number of hydrogen-bond donors (Lipinski definition) is 0. The maximum atomic E-state index is 13.1. The van der Waals surface area contributed by atoms with Gasteiger partial charge in [-0.25, -0.2) is 4.40 Å². The average Bonchev–Trinajstić information content (AvgIpc) is 3.33. The largest absolute Gasteiger partial charge is 0.493 e. The highest BCUT2D eigenvalue weighted by atomic mass is 32.1. The Bertz CT molecular complexity index is 1330. The van der Waals surface area contributed by atoms with Crippen molar-refractivity contribution in [3.63, 3.8) is 0 Å². The molecule has 0 fully saturated rings. The molecule has 0 saturated carbocycles. The molecule has 0 radical (unpaired) electrons. The predicted octanol–water partition coefficient (Wildman–Crippen LogP) is 2.40. The monoisotopic (exact) mass is 425 g/mol. The summed E-state index contributed by atoms with van der Waals surface area (Å²) in [7, 11) is 6.27. The van der Waals surface area contributed by atoms with Crippen molar-refractivity contribution in [2.24, 2.45) is 0 Å². The van der Waals surface area contributed by atoms with Crippen molar-refractivity contribution in [3.8, 4) is 34.4 Å². The Kier molecular flexibility index (Phi) is 5.28. The Morgan fingerprint density at radius 2 is 1.47 bits per heavy atom. The molecule has 2 aromatic carbocycles. The molecule has 0 aliphatic heterocycles. The van der Waals surface area contributed by atoms with Gasteiger partial charge in [0, 0.05) is 5.56 Å². The standard InChI is InChI=1S/C21H19N3O5S/c1-26-14-7-5-12(9-16(14)28-3)10-18-20(25)24-19(22-23-21(24)30-18)13-6-8-15(27-2)17(11-13)29-4/h5-11H,1-4H3/b18-10-. The van der Waals surface area contributed by atoms with Crippen LogP contribution in [0.5, 0.6) is 23.0 Å². The van der Waals surface area contributed by atoms with Crippen molar-refractivity contribution in [3.05, 3.63) is 56.8 Å². The van der Waals surface area contributed by atoms with Gasteiger partial charge in [0.1, 0.15) is 0 Å². The van der Waals surface area contributed by atoms with E-state index in [2.05, 4.69) is 10.2 Å². The van der Waals surface area contributed by atoms with Crippen LogP contribution in [0.4, 0.5) is 0 Å². The van der Waals surface area contributed by atoms with Crippen LogP contribution in [0.1, 0.15) is 5.56 Å². The Morgan fingerprint density at radius 1 is 0.833 bits per heavy atom. The number of rotatable bonds is 6. The smallest absolute Gasteiger partial charge is 0.276 e. The SMILES string of the molecule is COc1ccc(/C=c2\sc3nnc(-c4ccc(OC)c(OC)c4)n3c2=O)cc1OC. The van der Waals surface area contributed by atoms with Gasteiger partial charge in [-0.1, -0.05) is 17.4 Å². The number of nitrogens with zero attached hydrogens (tertiary/aromatic N) is 3. The average molecular weight is 425 g/mol. The zero-order valence-corrected chi connectivity index (χ0v) is 17.6. The Hall–Kier alpha value is -3.59. The summed E-state index contributed by atoms with van der Waals surface area (Å²) in [5.41, 5.74) is 1.32. The molecule has 0 unspecified atom stereocenters. The van der Waals surface area contributed by atoms with Crippen LogP contribution in [-0.4, -0.2) is 43.0 Å². The van der Waals surface area contributed by atoms with Gasteiger partial charge >= 0.3 is 0 Å². The number of benzene rings is 2. The lowest BCUT2D eigenvalue weighted by Crippen LogP contribution is -2.23. The molecule has 0 N–H and O–H groups in total. The van der Waals surface area contributed by atoms with E-state index in [1.54, 1.807) is 52.7 Å². The number of methoxy groups -OCH3 is 4. The van der Waals surface area contributed by atoms with Crippen LogP contribution in [0.15, 0.2) is 41.2 Å². The molecular weight excluding hydrogens is 406 g/mol. The minimum Gasteiger partial charge on any atom is -0.493 e. The Morgan fingerprint density at radius 3 is 2.13 bits per heavy atom. The first-order valence-corrected chi connectivity index (χ1v) is 9.75.